The zero-order chi connectivity index (χ0) is 7.72. The van der Waals surface area contributed by atoms with Crippen molar-refractivity contribution in [1.29, 1.82) is 0 Å². The maximum atomic E-state index is 12.5. The van der Waals surface area contributed by atoms with E-state index in [1.54, 1.807) is 6.92 Å². The van der Waals surface area contributed by atoms with Crippen molar-refractivity contribution < 1.29 is 8.78 Å². The van der Waals surface area contributed by atoms with Crippen LogP contribution in [0.4, 0.5) is 8.78 Å². The lowest BCUT2D eigenvalue weighted by Gasteiger charge is -1.98. The smallest absolute Gasteiger partial charge is 0.129 e. The predicted octanol–water partition coefficient (Wildman–Crippen LogP) is 2.46. The summed E-state index contributed by atoms with van der Waals surface area (Å²) in [6.07, 6.45) is 0. The number of rotatable bonds is 0. The van der Waals surface area contributed by atoms with Crippen LogP contribution in [0.2, 0.25) is 0 Å². The van der Waals surface area contributed by atoms with Crippen molar-refractivity contribution in [3.05, 3.63) is 41.8 Å². The van der Waals surface area contributed by atoms with Gasteiger partial charge in [-0.2, -0.15) is 0 Å². The van der Waals surface area contributed by atoms with Crippen LogP contribution in [0.1, 0.15) is 11.1 Å². The van der Waals surface area contributed by atoms with E-state index in [0.29, 0.717) is 5.56 Å². The van der Waals surface area contributed by atoms with Crippen molar-refractivity contribution in [3.63, 3.8) is 0 Å². The van der Waals surface area contributed by atoms with Gasteiger partial charge in [0.2, 0.25) is 0 Å². The molecule has 0 amide bonds. The van der Waals surface area contributed by atoms with Gasteiger partial charge in [-0.05, 0) is 25.0 Å². The third kappa shape index (κ3) is 1.15. The Morgan fingerprint density at radius 2 is 1.80 bits per heavy atom. The van der Waals surface area contributed by atoms with E-state index >= 15 is 0 Å². The molecule has 53 valence electrons. The van der Waals surface area contributed by atoms with Gasteiger partial charge in [-0.25, -0.2) is 8.78 Å². The Morgan fingerprint density at radius 3 is 2.30 bits per heavy atom. The fourth-order valence-electron chi connectivity index (χ4n) is 0.717. The highest BCUT2D eigenvalue weighted by Crippen LogP contribution is 2.12. The second-order valence-corrected chi connectivity index (χ2v) is 2.19. The van der Waals surface area contributed by atoms with Gasteiger partial charge in [-0.15, -0.1) is 0 Å². The summed E-state index contributed by atoms with van der Waals surface area (Å²) in [5.41, 5.74) is 0.658. The topological polar surface area (TPSA) is 0 Å². The minimum atomic E-state index is -0.594. The summed E-state index contributed by atoms with van der Waals surface area (Å²) in [5, 5.41) is 0. The van der Waals surface area contributed by atoms with Crippen molar-refractivity contribution in [1.82, 2.24) is 0 Å². The van der Waals surface area contributed by atoms with E-state index in [0.717, 1.165) is 6.07 Å². The molecule has 1 aromatic carbocycles. The molecular formula is C8H7F2. The maximum Gasteiger partial charge on any atom is 0.129 e. The zero-order valence-corrected chi connectivity index (χ0v) is 5.62. The van der Waals surface area contributed by atoms with E-state index in [4.69, 9.17) is 0 Å². The molecule has 1 aromatic rings. The van der Waals surface area contributed by atoms with E-state index in [1.807, 2.05) is 0 Å². The maximum absolute atomic E-state index is 12.5. The van der Waals surface area contributed by atoms with Crippen LogP contribution in [0.25, 0.3) is 0 Å². The van der Waals surface area contributed by atoms with Crippen LogP contribution in [0.15, 0.2) is 12.1 Å². The summed E-state index contributed by atoms with van der Waals surface area (Å²) in [7, 11) is 0. The fraction of sp³-hybridized carbons (Fsp3) is 0.125. The van der Waals surface area contributed by atoms with E-state index < -0.39 is 11.6 Å². The standard InChI is InChI=1S/C8H7F2/c1-5-3-6(2)8(10)4-7(5)9/h3-4H,1H2,2H3. The molecular weight excluding hydrogens is 134 g/mol. The molecule has 0 aliphatic rings. The molecule has 0 bridgehead atoms. The lowest BCUT2D eigenvalue weighted by Crippen LogP contribution is -1.88. The van der Waals surface area contributed by atoms with Crippen molar-refractivity contribution in [2.75, 3.05) is 0 Å². The molecule has 0 heterocycles. The van der Waals surface area contributed by atoms with Crippen LogP contribution in [-0.4, -0.2) is 0 Å². The number of hydrogen-bond donors (Lipinski definition) is 0. The summed E-state index contributed by atoms with van der Waals surface area (Å²) in [6, 6.07) is 2.22. The molecule has 10 heavy (non-hydrogen) atoms. The average Bonchev–Trinajstić information content (AvgIpc) is 1.84. The second kappa shape index (κ2) is 2.37. The Balaban J connectivity index is 3.28. The summed E-state index contributed by atoms with van der Waals surface area (Å²) in [5.74, 6) is -1.12. The summed E-state index contributed by atoms with van der Waals surface area (Å²) in [4.78, 5) is 0. The first kappa shape index (κ1) is 7.19. The third-order valence-electron chi connectivity index (χ3n) is 1.33. The molecule has 2 heteroatoms. The molecule has 0 nitrogen and oxygen atoms in total. The monoisotopic (exact) mass is 141 g/mol. The molecule has 1 radical (unpaired) electrons. The van der Waals surface area contributed by atoms with Crippen LogP contribution in [0.3, 0.4) is 0 Å². The number of hydrogen-bond acceptors (Lipinski definition) is 0. The number of aryl methyl sites for hydroxylation is 1. The predicted molar refractivity (Wildman–Crippen MR) is 35.6 cm³/mol. The molecule has 0 fully saturated rings. The Morgan fingerprint density at radius 1 is 1.20 bits per heavy atom. The van der Waals surface area contributed by atoms with Crippen LogP contribution in [0, 0.1) is 25.5 Å². The van der Waals surface area contributed by atoms with Crippen LogP contribution >= 0.6 is 0 Å². The van der Waals surface area contributed by atoms with Gasteiger partial charge < -0.3 is 0 Å². The average molecular weight is 141 g/mol. The highest BCUT2D eigenvalue weighted by molar-refractivity contribution is 5.27. The fourth-order valence-corrected chi connectivity index (χ4v) is 0.717. The van der Waals surface area contributed by atoms with Gasteiger partial charge in [0.15, 0.2) is 0 Å². The van der Waals surface area contributed by atoms with Crippen LogP contribution in [-0.2, 0) is 0 Å². The van der Waals surface area contributed by atoms with Crippen molar-refractivity contribution in [2.24, 2.45) is 0 Å². The van der Waals surface area contributed by atoms with E-state index in [1.165, 1.54) is 6.07 Å². The third-order valence-corrected chi connectivity index (χ3v) is 1.33. The molecule has 0 aliphatic heterocycles. The number of benzene rings is 1. The van der Waals surface area contributed by atoms with E-state index in [2.05, 4.69) is 6.92 Å². The van der Waals surface area contributed by atoms with Gasteiger partial charge in [0.25, 0.3) is 0 Å². The SMILES string of the molecule is [CH2]c1cc(C)c(F)cc1F. The molecule has 0 unspecified atom stereocenters. The summed E-state index contributed by atoms with van der Waals surface area (Å²) < 4.78 is 24.9. The van der Waals surface area contributed by atoms with Gasteiger partial charge >= 0.3 is 0 Å². The molecule has 0 saturated heterocycles. The Labute approximate surface area is 58.5 Å². The molecule has 0 aromatic heterocycles. The van der Waals surface area contributed by atoms with Crippen molar-refractivity contribution in [3.8, 4) is 0 Å². The van der Waals surface area contributed by atoms with E-state index in [-0.39, 0.29) is 5.56 Å². The second-order valence-electron chi connectivity index (χ2n) is 2.19. The van der Waals surface area contributed by atoms with Crippen molar-refractivity contribution in [2.45, 2.75) is 6.92 Å². The summed E-state index contributed by atoms with van der Waals surface area (Å²) >= 11 is 0. The van der Waals surface area contributed by atoms with Gasteiger partial charge in [0, 0.05) is 6.07 Å². The lowest BCUT2D eigenvalue weighted by atomic mass is 10.1. The molecule has 0 spiro atoms. The van der Waals surface area contributed by atoms with Gasteiger partial charge in [-0.3, -0.25) is 0 Å². The minimum Gasteiger partial charge on any atom is -0.207 e. The van der Waals surface area contributed by atoms with Gasteiger partial charge in [0.05, 0.1) is 0 Å². The highest BCUT2D eigenvalue weighted by Gasteiger charge is 2.01. The largest absolute Gasteiger partial charge is 0.207 e. The van der Waals surface area contributed by atoms with E-state index in [9.17, 15) is 8.78 Å². The Bertz CT molecular complexity index is 203. The first-order valence-electron chi connectivity index (χ1n) is 2.89. The van der Waals surface area contributed by atoms with Gasteiger partial charge in [0.1, 0.15) is 11.6 Å². The summed E-state index contributed by atoms with van der Waals surface area (Å²) in [6.45, 7) is 4.95. The first-order chi connectivity index (χ1) is 4.61. The first-order valence-corrected chi connectivity index (χ1v) is 2.89. The zero-order valence-electron chi connectivity index (χ0n) is 5.62. The molecule has 1 rings (SSSR count). The van der Waals surface area contributed by atoms with Gasteiger partial charge in [-0.1, -0.05) is 6.07 Å². The Kier molecular flexibility index (Phi) is 1.70. The molecule has 0 atom stereocenters. The number of halogens is 2. The van der Waals surface area contributed by atoms with Crippen LogP contribution < -0.4 is 0 Å². The Hall–Kier alpha value is -0.920. The highest BCUT2D eigenvalue weighted by atomic mass is 19.1. The normalized spacial score (nSPS) is 10.0. The lowest BCUT2D eigenvalue weighted by molar-refractivity contribution is 0.574. The minimum absolute atomic E-state index is 0.235. The molecule has 0 saturated carbocycles. The molecule has 0 aliphatic carbocycles. The van der Waals surface area contributed by atoms with Crippen molar-refractivity contribution >= 4 is 0 Å². The quantitative estimate of drug-likeness (QED) is 0.520. The molecule has 0 N–H and O–H groups in total. The van der Waals surface area contributed by atoms with Crippen LogP contribution in [0.5, 0.6) is 0 Å².